The lowest BCUT2D eigenvalue weighted by Crippen LogP contribution is -2.46. The van der Waals surface area contributed by atoms with E-state index in [0.717, 1.165) is 12.1 Å². The Kier molecular flexibility index (Phi) is 5.94. The minimum Gasteiger partial charge on any atom is -0.368 e. The summed E-state index contributed by atoms with van der Waals surface area (Å²) >= 11 is 0. The molecule has 136 valence electrons. The molecule has 2 amide bonds. The first kappa shape index (κ1) is 19.0. The fourth-order valence-electron chi connectivity index (χ4n) is 2.36. The van der Waals surface area contributed by atoms with Gasteiger partial charge in [-0.1, -0.05) is 18.2 Å². The molecule has 0 aromatic heterocycles. The second-order valence-electron chi connectivity index (χ2n) is 5.58. The van der Waals surface area contributed by atoms with Crippen LogP contribution in [0.3, 0.4) is 0 Å². The van der Waals surface area contributed by atoms with Crippen LogP contribution in [-0.4, -0.2) is 22.8 Å². The molecule has 0 saturated heterocycles. The highest BCUT2D eigenvalue weighted by Crippen LogP contribution is 2.19. The van der Waals surface area contributed by atoms with Gasteiger partial charge in [0.2, 0.25) is 17.6 Å². The minimum absolute atomic E-state index is 0.147. The highest BCUT2D eigenvalue weighted by molar-refractivity contribution is 5.87. The average Bonchev–Trinajstić information content (AvgIpc) is 2.55. The Morgan fingerprint density at radius 1 is 1.15 bits per heavy atom. The summed E-state index contributed by atoms with van der Waals surface area (Å²) in [5.74, 6) is -2.94. The highest BCUT2D eigenvalue weighted by Gasteiger charge is 2.21. The van der Waals surface area contributed by atoms with E-state index in [0.29, 0.717) is 5.56 Å². The molecule has 0 fully saturated rings. The molecule has 2 aromatic rings. The number of halogens is 2. The van der Waals surface area contributed by atoms with Gasteiger partial charge >= 0.3 is 5.69 Å². The molecule has 0 unspecified atom stereocenters. The van der Waals surface area contributed by atoms with Crippen molar-refractivity contribution < 1.29 is 23.3 Å². The van der Waals surface area contributed by atoms with E-state index in [1.165, 1.54) is 24.3 Å². The molecular formula is C17H15F2N3O4. The Morgan fingerprint density at radius 2 is 1.88 bits per heavy atom. The number of benzene rings is 2. The zero-order chi connectivity index (χ0) is 19.3. The molecule has 0 aliphatic heterocycles. The van der Waals surface area contributed by atoms with E-state index < -0.39 is 40.1 Å². The lowest BCUT2D eigenvalue weighted by atomic mass is 10.0. The Balaban J connectivity index is 2.09. The summed E-state index contributed by atoms with van der Waals surface area (Å²) in [6, 6.07) is 7.39. The largest absolute Gasteiger partial charge is 0.368 e. The van der Waals surface area contributed by atoms with E-state index in [2.05, 4.69) is 5.32 Å². The van der Waals surface area contributed by atoms with Crippen molar-refractivity contribution in [3.05, 3.63) is 75.3 Å². The van der Waals surface area contributed by atoms with E-state index in [9.17, 15) is 28.5 Å². The molecule has 9 heteroatoms. The topological polar surface area (TPSA) is 115 Å². The van der Waals surface area contributed by atoms with Crippen molar-refractivity contribution >= 4 is 17.5 Å². The molecular weight excluding hydrogens is 348 g/mol. The lowest BCUT2D eigenvalue weighted by Gasteiger charge is -2.15. The third kappa shape index (κ3) is 5.07. The zero-order valence-electron chi connectivity index (χ0n) is 13.4. The van der Waals surface area contributed by atoms with Crippen LogP contribution in [-0.2, 0) is 22.4 Å². The van der Waals surface area contributed by atoms with Crippen LogP contribution in [0.2, 0.25) is 0 Å². The van der Waals surface area contributed by atoms with Crippen molar-refractivity contribution in [1.82, 2.24) is 5.32 Å². The molecule has 0 spiro atoms. The van der Waals surface area contributed by atoms with Crippen molar-refractivity contribution in [2.45, 2.75) is 18.9 Å². The molecule has 0 aliphatic rings. The normalized spacial score (nSPS) is 11.6. The Hall–Kier alpha value is -3.36. The van der Waals surface area contributed by atoms with Gasteiger partial charge in [-0.15, -0.1) is 0 Å². The average molecular weight is 363 g/mol. The van der Waals surface area contributed by atoms with E-state index in [1.54, 1.807) is 6.07 Å². The Labute approximate surface area is 147 Å². The maximum Gasteiger partial charge on any atom is 0.305 e. The molecule has 0 heterocycles. The first-order chi connectivity index (χ1) is 12.3. The van der Waals surface area contributed by atoms with Gasteiger partial charge < -0.3 is 11.1 Å². The SMILES string of the molecule is NC(=O)[C@H](Cc1ccc(F)c([N+](=O)[O-])c1)NC(=O)Cc1cccc(F)c1. The molecule has 2 aromatic carbocycles. The number of nitrogens with one attached hydrogen (secondary N) is 1. The van der Waals surface area contributed by atoms with Crippen molar-refractivity contribution in [2.24, 2.45) is 5.73 Å². The number of nitro benzene ring substituents is 1. The summed E-state index contributed by atoms with van der Waals surface area (Å²) in [5, 5.41) is 13.2. The fourth-order valence-corrected chi connectivity index (χ4v) is 2.36. The minimum atomic E-state index is -1.15. The monoisotopic (exact) mass is 363 g/mol. The number of hydrogen-bond acceptors (Lipinski definition) is 4. The fraction of sp³-hybridized carbons (Fsp3) is 0.176. The van der Waals surface area contributed by atoms with E-state index in [1.807, 2.05) is 0 Å². The second-order valence-corrected chi connectivity index (χ2v) is 5.58. The molecule has 0 bridgehead atoms. The van der Waals surface area contributed by atoms with Crippen LogP contribution in [0.15, 0.2) is 42.5 Å². The smallest absolute Gasteiger partial charge is 0.305 e. The molecule has 0 aliphatic carbocycles. The number of rotatable bonds is 7. The van der Waals surface area contributed by atoms with Gasteiger partial charge in [0.1, 0.15) is 11.9 Å². The van der Waals surface area contributed by atoms with Crippen LogP contribution in [0.4, 0.5) is 14.5 Å². The van der Waals surface area contributed by atoms with Crippen molar-refractivity contribution in [2.75, 3.05) is 0 Å². The highest BCUT2D eigenvalue weighted by atomic mass is 19.1. The third-order valence-corrected chi connectivity index (χ3v) is 3.58. The van der Waals surface area contributed by atoms with Gasteiger partial charge in [-0.25, -0.2) is 4.39 Å². The first-order valence-electron chi connectivity index (χ1n) is 7.52. The number of amides is 2. The van der Waals surface area contributed by atoms with Crippen molar-refractivity contribution in [3.8, 4) is 0 Å². The van der Waals surface area contributed by atoms with E-state index >= 15 is 0 Å². The summed E-state index contributed by atoms with van der Waals surface area (Å²) in [5.41, 5.74) is 5.18. The maximum absolute atomic E-state index is 13.4. The summed E-state index contributed by atoms with van der Waals surface area (Å²) in [6.07, 6.45) is -0.323. The molecule has 0 saturated carbocycles. The van der Waals surface area contributed by atoms with Crippen LogP contribution >= 0.6 is 0 Å². The number of primary amides is 1. The van der Waals surface area contributed by atoms with Gasteiger partial charge in [0.15, 0.2) is 0 Å². The molecule has 0 radical (unpaired) electrons. The van der Waals surface area contributed by atoms with Crippen LogP contribution in [0, 0.1) is 21.7 Å². The van der Waals surface area contributed by atoms with Crippen molar-refractivity contribution in [3.63, 3.8) is 0 Å². The summed E-state index contributed by atoms with van der Waals surface area (Å²) in [7, 11) is 0. The number of nitrogens with zero attached hydrogens (tertiary/aromatic N) is 1. The predicted molar refractivity (Wildman–Crippen MR) is 88.0 cm³/mol. The first-order valence-corrected chi connectivity index (χ1v) is 7.52. The summed E-state index contributed by atoms with van der Waals surface area (Å²) in [6.45, 7) is 0. The standard InChI is InChI=1S/C17H15F2N3O4/c18-12-3-1-2-10(6-12)9-16(23)21-14(17(20)24)7-11-4-5-13(19)15(8-11)22(25)26/h1-6,8,14H,7,9H2,(H2,20,24)(H,21,23)/t14-/m0/s1. The van der Waals surface area contributed by atoms with E-state index in [4.69, 9.17) is 5.73 Å². The quantitative estimate of drug-likeness (QED) is 0.574. The predicted octanol–water partition coefficient (Wildman–Crippen LogP) is 1.63. The number of nitrogens with two attached hydrogens (primary N) is 1. The lowest BCUT2D eigenvalue weighted by molar-refractivity contribution is -0.387. The second kappa shape index (κ2) is 8.15. The summed E-state index contributed by atoms with van der Waals surface area (Å²) in [4.78, 5) is 33.5. The third-order valence-electron chi connectivity index (χ3n) is 3.58. The molecule has 2 rings (SSSR count). The van der Waals surface area contributed by atoms with Gasteiger partial charge in [0, 0.05) is 12.5 Å². The molecule has 3 N–H and O–H groups in total. The molecule has 7 nitrogen and oxygen atoms in total. The van der Waals surface area contributed by atoms with Gasteiger partial charge in [-0.2, -0.15) is 4.39 Å². The van der Waals surface area contributed by atoms with Gasteiger partial charge in [-0.05, 0) is 29.3 Å². The van der Waals surface area contributed by atoms with Crippen molar-refractivity contribution in [1.29, 1.82) is 0 Å². The van der Waals surface area contributed by atoms with Crippen LogP contribution in [0.1, 0.15) is 11.1 Å². The number of carbonyl (C=O) groups is 2. The number of hydrogen-bond donors (Lipinski definition) is 2. The summed E-state index contributed by atoms with van der Waals surface area (Å²) < 4.78 is 26.5. The van der Waals surface area contributed by atoms with Crippen LogP contribution in [0.5, 0.6) is 0 Å². The van der Waals surface area contributed by atoms with Gasteiger partial charge in [0.05, 0.1) is 11.3 Å². The van der Waals surface area contributed by atoms with E-state index in [-0.39, 0.29) is 18.4 Å². The zero-order valence-corrected chi connectivity index (χ0v) is 13.4. The van der Waals surface area contributed by atoms with Gasteiger partial charge in [0.25, 0.3) is 0 Å². The van der Waals surface area contributed by atoms with Crippen LogP contribution in [0.25, 0.3) is 0 Å². The molecule has 1 atom stereocenters. The number of carbonyl (C=O) groups excluding carboxylic acids is 2. The van der Waals surface area contributed by atoms with Gasteiger partial charge in [-0.3, -0.25) is 19.7 Å². The Morgan fingerprint density at radius 3 is 2.50 bits per heavy atom. The Bertz CT molecular complexity index is 858. The maximum atomic E-state index is 13.4. The van der Waals surface area contributed by atoms with Crippen LogP contribution < -0.4 is 11.1 Å². The molecule has 26 heavy (non-hydrogen) atoms. The number of nitro groups is 1.